The summed E-state index contributed by atoms with van der Waals surface area (Å²) in [6.07, 6.45) is 2.04. The Labute approximate surface area is 172 Å². The van der Waals surface area contributed by atoms with Crippen molar-refractivity contribution >= 4 is 23.1 Å². The third-order valence-corrected chi connectivity index (χ3v) is 4.56. The highest BCUT2D eigenvalue weighted by molar-refractivity contribution is 5.84. The summed E-state index contributed by atoms with van der Waals surface area (Å²) in [5, 5.41) is 0. The number of carbonyl (C=O) groups is 1. The van der Waals surface area contributed by atoms with Gasteiger partial charge in [0.1, 0.15) is 23.3 Å². The molecule has 0 aromatic carbocycles. The molecule has 0 amide bonds. The zero-order valence-electron chi connectivity index (χ0n) is 18.4. The van der Waals surface area contributed by atoms with Crippen molar-refractivity contribution in [3.8, 4) is 0 Å². The summed E-state index contributed by atoms with van der Waals surface area (Å²) < 4.78 is 12.8. The predicted octanol–water partition coefficient (Wildman–Crippen LogP) is 3.50. The lowest BCUT2D eigenvalue weighted by Gasteiger charge is -2.26. The summed E-state index contributed by atoms with van der Waals surface area (Å²) in [4.78, 5) is 26.1. The van der Waals surface area contributed by atoms with Crippen molar-refractivity contribution in [1.82, 2.24) is 19.4 Å². The minimum absolute atomic E-state index is 0.140. The molecule has 0 atom stereocenters. The van der Waals surface area contributed by atoms with E-state index in [-0.39, 0.29) is 5.60 Å². The molecule has 29 heavy (non-hydrogen) atoms. The van der Waals surface area contributed by atoms with Crippen LogP contribution >= 0.6 is 0 Å². The standard InChI is InChI=1S/C21H33N5O3/c1-20(2,3)28-15-24-10-7-11-25(13-12-24)17-9-8-16-18(23-17)26(14-22-16)19(27)29-21(4,5)6/h8-9,14H,7,10-13,15H2,1-6H3. The van der Waals surface area contributed by atoms with Gasteiger partial charge in [-0.25, -0.2) is 19.3 Å². The summed E-state index contributed by atoms with van der Waals surface area (Å²) in [5.74, 6) is 0.849. The Morgan fingerprint density at radius 3 is 2.48 bits per heavy atom. The molecular formula is C21H33N5O3. The zero-order valence-corrected chi connectivity index (χ0v) is 18.4. The normalized spacial score (nSPS) is 16.8. The van der Waals surface area contributed by atoms with Crippen molar-refractivity contribution < 1.29 is 14.3 Å². The number of ether oxygens (including phenoxy) is 2. The minimum Gasteiger partial charge on any atom is -0.443 e. The Balaban J connectivity index is 1.73. The molecule has 1 fully saturated rings. The van der Waals surface area contributed by atoms with Crippen LogP contribution in [0.15, 0.2) is 18.5 Å². The van der Waals surface area contributed by atoms with Gasteiger partial charge in [-0.05, 0) is 60.1 Å². The van der Waals surface area contributed by atoms with Crippen LogP contribution in [0.1, 0.15) is 48.0 Å². The molecule has 0 aliphatic carbocycles. The Bertz CT molecular complexity index is 850. The van der Waals surface area contributed by atoms with Crippen LogP contribution in [0.5, 0.6) is 0 Å². The van der Waals surface area contributed by atoms with Crippen molar-refractivity contribution in [2.75, 3.05) is 37.8 Å². The molecule has 3 rings (SSSR count). The van der Waals surface area contributed by atoms with Crippen LogP contribution in [-0.2, 0) is 9.47 Å². The number of pyridine rings is 1. The maximum Gasteiger partial charge on any atom is 0.421 e. The van der Waals surface area contributed by atoms with Gasteiger partial charge in [0.25, 0.3) is 0 Å². The average molecular weight is 404 g/mol. The van der Waals surface area contributed by atoms with E-state index in [4.69, 9.17) is 14.5 Å². The van der Waals surface area contributed by atoms with Gasteiger partial charge in [0.05, 0.1) is 12.3 Å². The van der Waals surface area contributed by atoms with Gasteiger partial charge in [0, 0.05) is 26.2 Å². The van der Waals surface area contributed by atoms with E-state index in [0.717, 1.165) is 38.4 Å². The highest BCUT2D eigenvalue weighted by Gasteiger charge is 2.22. The van der Waals surface area contributed by atoms with Gasteiger partial charge in [0.15, 0.2) is 5.65 Å². The number of rotatable bonds is 3. The van der Waals surface area contributed by atoms with Gasteiger partial charge >= 0.3 is 6.09 Å². The lowest BCUT2D eigenvalue weighted by Crippen LogP contribution is -2.35. The molecule has 0 bridgehead atoms. The molecule has 1 aliphatic heterocycles. The number of carbonyl (C=O) groups excluding carboxylic acids is 1. The first-order valence-electron chi connectivity index (χ1n) is 10.2. The molecule has 2 aromatic heterocycles. The van der Waals surface area contributed by atoms with E-state index >= 15 is 0 Å². The van der Waals surface area contributed by atoms with Crippen LogP contribution in [0.3, 0.4) is 0 Å². The Morgan fingerprint density at radius 2 is 1.79 bits per heavy atom. The lowest BCUT2D eigenvalue weighted by atomic mass is 10.2. The first-order chi connectivity index (χ1) is 13.5. The van der Waals surface area contributed by atoms with E-state index in [1.54, 1.807) is 0 Å². The molecular weight excluding hydrogens is 370 g/mol. The Hall–Kier alpha value is -2.19. The van der Waals surface area contributed by atoms with Crippen LogP contribution in [0.4, 0.5) is 10.6 Å². The molecule has 0 unspecified atom stereocenters. The smallest absolute Gasteiger partial charge is 0.421 e. The highest BCUT2D eigenvalue weighted by atomic mass is 16.6. The summed E-state index contributed by atoms with van der Waals surface area (Å²) in [6.45, 7) is 16.0. The van der Waals surface area contributed by atoms with Crippen molar-refractivity contribution in [2.24, 2.45) is 0 Å². The largest absolute Gasteiger partial charge is 0.443 e. The quantitative estimate of drug-likeness (QED) is 0.776. The summed E-state index contributed by atoms with van der Waals surface area (Å²) >= 11 is 0. The molecule has 160 valence electrons. The molecule has 8 heteroatoms. The van der Waals surface area contributed by atoms with Crippen molar-refractivity contribution in [3.63, 3.8) is 0 Å². The third kappa shape index (κ3) is 5.90. The first kappa shape index (κ1) is 21.5. The van der Waals surface area contributed by atoms with Gasteiger partial charge in [-0.1, -0.05) is 0 Å². The fraction of sp³-hybridized carbons (Fsp3) is 0.667. The van der Waals surface area contributed by atoms with Crippen LogP contribution in [0, 0.1) is 0 Å². The maximum absolute atomic E-state index is 12.5. The monoisotopic (exact) mass is 403 g/mol. The second-order valence-corrected chi connectivity index (χ2v) is 9.45. The van der Waals surface area contributed by atoms with Crippen molar-refractivity contribution in [2.45, 2.75) is 59.2 Å². The summed E-state index contributed by atoms with van der Waals surface area (Å²) in [7, 11) is 0. The fourth-order valence-electron chi connectivity index (χ4n) is 3.12. The van der Waals surface area contributed by atoms with E-state index in [9.17, 15) is 4.79 Å². The number of hydrogen-bond donors (Lipinski definition) is 0. The second-order valence-electron chi connectivity index (χ2n) is 9.45. The van der Waals surface area contributed by atoms with Gasteiger partial charge in [0.2, 0.25) is 0 Å². The number of nitrogens with zero attached hydrogens (tertiary/aromatic N) is 5. The van der Waals surface area contributed by atoms with Crippen molar-refractivity contribution in [1.29, 1.82) is 0 Å². The number of imidazole rings is 1. The molecule has 2 aromatic rings. The molecule has 0 saturated carbocycles. The third-order valence-electron chi connectivity index (χ3n) is 4.56. The zero-order chi connectivity index (χ0) is 21.2. The van der Waals surface area contributed by atoms with Crippen LogP contribution < -0.4 is 4.90 Å². The lowest BCUT2D eigenvalue weighted by molar-refractivity contribution is -0.0614. The van der Waals surface area contributed by atoms with E-state index in [1.807, 2.05) is 32.9 Å². The topological polar surface area (TPSA) is 72.7 Å². The summed E-state index contributed by atoms with van der Waals surface area (Å²) in [6, 6.07) is 3.87. The van der Waals surface area contributed by atoms with Gasteiger partial charge in [-0.3, -0.25) is 4.90 Å². The first-order valence-corrected chi connectivity index (χ1v) is 10.2. The van der Waals surface area contributed by atoms with E-state index < -0.39 is 11.7 Å². The van der Waals surface area contributed by atoms with E-state index in [0.29, 0.717) is 17.9 Å². The minimum atomic E-state index is -0.575. The fourth-order valence-corrected chi connectivity index (χ4v) is 3.12. The highest BCUT2D eigenvalue weighted by Crippen LogP contribution is 2.20. The van der Waals surface area contributed by atoms with Gasteiger partial charge in [-0.15, -0.1) is 0 Å². The maximum atomic E-state index is 12.5. The number of aromatic nitrogens is 3. The number of anilines is 1. The molecule has 0 N–H and O–H groups in total. The van der Waals surface area contributed by atoms with Gasteiger partial charge < -0.3 is 14.4 Å². The summed E-state index contributed by atoms with van der Waals surface area (Å²) in [5.41, 5.74) is 0.483. The van der Waals surface area contributed by atoms with Crippen molar-refractivity contribution in [3.05, 3.63) is 18.5 Å². The predicted molar refractivity (Wildman–Crippen MR) is 113 cm³/mol. The molecule has 1 saturated heterocycles. The Morgan fingerprint density at radius 1 is 1.03 bits per heavy atom. The Kier molecular flexibility index (Phi) is 6.14. The van der Waals surface area contributed by atoms with E-state index in [1.165, 1.54) is 10.9 Å². The number of hydrogen-bond acceptors (Lipinski definition) is 7. The second kappa shape index (κ2) is 8.28. The number of fused-ring (bicyclic) bond motifs is 1. The average Bonchev–Trinajstić information content (AvgIpc) is 2.87. The molecule has 8 nitrogen and oxygen atoms in total. The van der Waals surface area contributed by atoms with Crippen LogP contribution in [-0.4, -0.2) is 69.6 Å². The molecule has 0 radical (unpaired) electrons. The van der Waals surface area contributed by atoms with Crippen LogP contribution in [0.25, 0.3) is 11.2 Å². The molecule has 0 spiro atoms. The molecule has 1 aliphatic rings. The van der Waals surface area contributed by atoms with E-state index in [2.05, 4.69) is 35.6 Å². The van der Waals surface area contributed by atoms with Crippen LogP contribution in [0.2, 0.25) is 0 Å². The SMILES string of the molecule is CC(C)(C)OCN1CCCN(c2ccc3ncn(C(=O)OC(C)(C)C)c3n2)CC1. The molecule has 3 heterocycles. The van der Waals surface area contributed by atoms with Gasteiger partial charge in [-0.2, -0.15) is 0 Å².